The number of thioether (sulfide) groups is 1. The van der Waals surface area contributed by atoms with E-state index in [9.17, 15) is 4.79 Å². The number of carbonyl (C=O) groups is 1. The largest absolute Gasteiger partial charge is 0.495 e. The van der Waals surface area contributed by atoms with Gasteiger partial charge in [-0.2, -0.15) is 0 Å². The van der Waals surface area contributed by atoms with Crippen molar-refractivity contribution >= 4 is 56.5 Å². The second-order valence-corrected chi connectivity index (χ2v) is 8.46. The third kappa shape index (κ3) is 4.37. The van der Waals surface area contributed by atoms with E-state index in [1.165, 1.54) is 18.1 Å². The van der Waals surface area contributed by atoms with Crippen molar-refractivity contribution in [3.05, 3.63) is 76.9 Å². The quantitative estimate of drug-likeness (QED) is 0.301. The van der Waals surface area contributed by atoms with E-state index in [2.05, 4.69) is 15.3 Å². The molecular weight excluding hydrogens is 426 g/mol. The predicted octanol–water partition coefficient (Wildman–Crippen LogP) is 5.83. The molecule has 0 bridgehead atoms. The third-order valence-electron chi connectivity index (χ3n) is 4.21. The zero-order valence-corrected chi connectivity index (χ0v) is 17.7. The Labute approximate surface area is 181 Å². The van der Waals surface area contributed by atoms with Gasteiger partial charge in [-0.15, -0.1) is 11.3 Å². The summed E-state index contributed by atoms with van der Waals surface area (Å²) in [4.78, 5) is 22.8. The van der Waals surface area contributed by atoms with Crippen LogP contribution in [0, 0.1) is 0 Å². The number of nitrogens with zero attached hydrogens (tertiary/aromatic N) is 2. The van der Waals surface area contributed by atoms with Crippen LogP contribution < -0.4 is 10.1 Å². The number of hydrogen-bond donors (Lipinski definition) is 1. The highest BCUT2D eigenvalue weighted by Gasteiger charge is 2.24. The Kier molecular flexibility index (Phi) is 5.99. The Bertz CT molecular complexity index is 1150. The van der Waals surface area contributed by atoms with Gasteiger partial charge in [0, 0.05) is 11.1 Å². The number of methoxy groups -OCH3 is 1. The lowest BCUT2D eigenvalue weighted by atomic mass is 10.1. The van der Waals surface area contributed by atoms with E-state index >= 15 is 0 Å². The normalized spacial score (nSPS) is 11.9. The Balaban J connectivity index is 1.65. The molecule has 0 fully saturated rings. The minimum Gasteiger partial charge on any atom is -0.495 e. The van der Waals surface area contributed by atoms with Gasteiger partial charge >= 0.3 is 0 Å². The molecule has 1 amide bonds. The fraction of sp³-hybridized carbons (Fsp3) is 0.0952. The molecule has 0 aliphatic heterocycles. The highest BCUT2D eigenvalue weighted by Crippen LogP contribution is 2.39. The molecule has 2 aromatic carbocycles. The first-order valence-corrected chi connectivity index (χ1v) is 10.8. The first-order chi connectivity index (χ1) is 14.2. The standard InChI is InChI=1S/C21H16ClN3O2S2/c1-27-17-8-7-14(11-16(17)22)25-19(26)18(13-5-3-2-4-6-13)29-21-15-9-10-28-20(15)23-12-24-21/h2-12,18H,1H3,(H,25,26). The lowest BCUT2D eigenvalue weighted by molar-refractivity contribution is -0.115. The molecule has 0 saturated heterocycles. The molecule has 146 valence electrons. The lowest BCUT2D eigenvalue weighted by Gasteiger charge is -2.17. The lowest BCUT2D eigenvalue weighted by Crippen LogP contribution is -2.19. The Hall–Kier alpha value is -2.61. The number of fused-ring (bicyclic) bond motifs is 1. The van der Waals surface area contributed by atoms with Gasteiger partial charge in [-0.05, 0) is 35.2 Å². The van der Waals surface area contributed by atoms with Crippen molar-refractivity contribution in [1.29, 1.82) is 0 Å². The average molecular weight is 442 g/mol. The average Bonchev–Trinajstić information content (AvgIpc) is 3.22. The Morgan fingerprint density at radius 2 is 2.00 bits per heavy atom. The van der Waals surface area contributed by atoms with Gasteiger partial charge in [0.2, 0.25) is 5.91 Å². The van der Waals surface area contributed by atoms with Crippen molar-refractivity contribution in [3.8, 4) is 5.75 Å². The Morgan fingerprint density at radius 1 is 1.17 bits per heavy atom. The number of ether oxygens (including phenoxy) is 1. The molecule has 4 aromatic rings. The summed E-state index contributed by atoms with van der Waals surface area (Å²) in [6, 6.07) is 16.8. The number of amides is 1. The molecule has 2 aromatic heterocycles. The van der Waals surface area contributed by atoms with E-state index in [1.807, 2.05) is 41.8 Å². The fourth-order valence-corrected chi connectivity index (χ4v) is 4.96. The summed E-state index contributed by atoms with van der Waals surface area (Å²) in [6.07, 6.45) is 1.53. The van der Waals surface area contributed by atoms with E-state index < -0.39 is 5.25 Å². The minimum atomic E-state index is -0.491. The van der Waals surface area contributed by atoms with Crippen molar-refractivity contribution < 1.29 is 9.53 Å². The van der Waals surface area contributed by atoms with Crippen molar-refractivity contribution in [2.75, 3.05) is 12.4 Å². The van der Waals surface area contributed by atoms with E-state index in [-0.39, 0.29) is 5.91 Å². The number of aromatic nitrogens is 2. The SMILES string of the molecule is COc1ccc(NC(=O)C(Sc2ncnc3sccc23)c2ccccc2)cc1Cl. The van der Waals surface area contributed by atoms with Crippen LogP contribution in [0.2, 0.25) is 5.02 Å². The minimum absolute atomic E-state index is 0.163. The number of benzene rings is 2. The maximum absolute atomic E-state index is 13.2. The molecule has 8 heteroatoms. The second kappa shape index (κ2) is 8.82. The zero-order valence-electron chi connectivity index (χ0n) is 15.3. The highest BCUT2D eigenvalue weighted by molar-refractivity contribution is 8.00. The first-order valence-electron chi connectivity index (χ1n) is 8.70. The molecule has 1 atom stereocenters. The maximum atomic E-state index is 13.2. The number of hydrogen-bond acceptors (Lipinski definition) is 6. The third-order valence-corrected chi connectivity index (χ3v) is 6.60. The summed E-state index contributed by atoms with van der Waals surface area (Å²) in [6.45, 7) is 0. The molecule has 29 heavy (non-hydrogen) atoms. The fourth-order valence-electron chi connectivity index (χ4n) is 2.83. The summed E-state index contributed by atoms with van der Waals surface area (Å²) >= 11 is 9.14. The van der Waals surface area contributed by atoms with Crippen LogP contribution in [0.25, 0.3) is 10.2 Å². The molecular formula is C21H16ClN3O2S2. The summed E-state index contributed by atoms with van der Waals surface area (Å²) in [5, 5.41) is 6.59. The van der Waals surface area contributed by atoms with Crippen LogP contribution in [-0.2, 0) is 4.79 Å². The van der Waals surface area contributed by atoms with Gasteiger partial charge in [0.15, 0.2) is 0 Å². The maximum Gasteiger partial charge on any atom is 0.242 e. The number of anilines is 1. The van der Waals surface area contributed by atoms with Crippen LogP contribution in [0.1, 0.15) is 10.8 Å². The van der Waals surface area contributed by atoms with E-state index in [1.54, 1.807) is 36.6 Å². The number of nitrogens with one attached hydrogen (secondary N) is 1. The second-order valence-electron chi connectivity index (χ2n) is 6.07. The van der Waals surface area contributed by atoms with Gasteiger partial charge < -0.3 is 10.1 Å². The van der Waals surface area contributed by atoms with Crippen LogP contribution in [0.5, 0.6) is 5.75 Å². The van der Waals surface area contributed by atoms with Crippen LogP contribution in [0.4, 0.5) is 5.69 Å². The summed E-state index contributed by atoms with van der Waals surface area (Å²) in [7, 11) is 1.55. The van der Waals surface area contributed by atoms with E-state index in [4.69, 9.17) is 16.3 Å². The summed E-state index contributed by atoms with van der Waals surface area (Å²) in [5.41, 5.74) is 1.49. The molecule has 0 aliphatic rings. The van der Waals surface area contributed by atoms with Crippen molar-refractivity contribution in [2.24, 2.45) is 0 Å². The number of thiophene rings is 1. The molecule has 1 unspecified atom stereocenters. The molecule has 0 aliphatic carbocycles. The molecule has 0 radical (unpaired) electrons. The van der Waals surface area contributed by atoms with Crippen molar-refractivity contribution in [2.45, 2.75) is 10.3 Å². The van der Waals surface area contributed by atoms with Gasteiger partial charge in [0.05, 0.1) is 12.1 Å². The summed E-state index contributed by atoms with van der Waals surface area (Å²) in [5.74, 6) is 0.393. The molecule has 4 rings (SSSR count). The van der Waals surface area contributed by atoms with Gasteiger partial charge in [0.1, 0.15) is 27.2 Å². The molecule has 5 nitrogen and oxygen atoms in total. The van der Waals surface area contributed by atoms with Crippen LogP contribution in [0.15, 0.2) is 71.3 Å². The Morgan fingerprint density at radius 3 is 2.76 bits per heavy atom. The number of halogens is 1. The smallest absolute Gasteiger partial charge is 0.242 e. The molecule has 0 saturated carbocycles. The van der Waals surface area contributed by atoms with Crippen molar-refractivity contribution in [1.82, 2.24) is 9.97 Å². The highest BCUT2D eigenvalue weighted by atomic mass is 35.5. The van der Waals surface area contributed by atoms with Crippen LogP contribution in [-0.4, -0.2) is 23.0 Å². The monoisotopic (exact) mass is 441 g/mol. The van der Waals surface area contributed by atoms with Crippen LogP contribution >= 0.6 is 34.7 Å². The molecule has 0 spiro atoms. The topological polar surface area (TPSA) is 64.1 Å². The first kappa shape index (κ1) is 19.7. The van der Waals surface area contributed by atoms with E-state index in [0.717, 1.165) is 20.8 Å². The van der Waals surface area contributed by atoms with Crippen LogP contribution in [0.3, 0.4) is 0 Å². The van der Waals surface area contributed by atoms with Gasteiger partial charge in [-0.1, -0.05) is 53.7 Å². The molecule has 2 heterocycles. The van der Waals surface area contributed by atoms with Gasteiger partial charge in [-0.3, -0.25) is 4.79 Å². The molecule has 1 N–H and O–H groups in total. The van der Waals surface area contributed by atoms with Gasteiger partial charge in [-0.25, -0.2) is 9.97 Å². The van der Waals surface area contributed by atoms with Gasteiger partial charge in [0.25, 0.3) is 0 Å². The zero-order chi connectivity index (χ0) is 20.2. The number of rotatable bonds is 6. The van der Waals surface area contributed by atoms with Crippen molar-refractivity contribution in [3.63, 3.8) is 0 Å². The number of carbonyl (C=O) groups excluding carboxylic acids is 1. The predicted molar refractivity (Wildman–Crippen MR) is 119 cm³/mol. The summed E-state index contributed by atoms with van der Waals surface area (Å²) < 4.78 is 5.17. The van der Waals surface area contributed by atoms with E-state index in [0.29, 0.717) is 16.5 Å².